The molecule has 20 heavy (non-hydrogen) atoms. The van der Waals surface area contributed by atoms with Crippen molar-refractivity contribution in [2.24, 2.45) is 0 Å². The van der Waals surface area contributed by atoms with Crippen molar-refractivity contribution in [1.29, 1.82) is 0 Å². The number of aliphatic hydroxyl groups is 1. The molecular weight excluding hydrogens is 283 g/mol. The highest BCUT2D eigenvalue weighted by Crippen LogP contribution is 2.24. The van der Waals surface area contributed by atoms with E-state index in [-0.39, 0.29) is 5.69 Å². The quantitative estimate of drug-likeness (QED) is 0.734. The van der Waals surface area contributed by atoms with E-state index in [4.69, 9.17) is 5.73 Å². The Kier molecular flexibility index (Phi) is 4.31. The molecule has 1 aliphatic rings. The second-order valence-electron chi connectivity index (χ2n) is 5.22. The molecule has 0 unspecified atom stereocenters. The maximum Gasteiger partial charge on any atom is 0.243 e. The predicted octanol–water partition coefficient (Wildman–Crippen LogP) is 1.30. The van der Waals surface area contributed by atoms with Gasteiger partial charge in [0.25, 0.3) is 0 Å². The fourth-order valence-corrected chi connectivity index (χ4v) is 3.78. The Bertz CT molecular complexity index is 604. The lowest BCUT2D eigenvalue weighted by molar-refractivity contribution is 0.101. The lowest BCUT2D eigenvalue weighted by atomic mass is 9.93. The Morgan fingerprint density at radius 3 is 2.65 bits per heavy atom. The van der Waals surface area contributed by atoms with Gasteiger partial charge < -0.3 is 10.8 Å². The zero-order valence-electron chi connectivity index (χ0n) is 11.3. The number of sulfonamides is 1. The van der Waals surface area contributed by atoms with Crippen molar-refractivity contribution < 1.29 is 17.9 Å². The number of nitrogen functional groups attached to an aromatic ring is 1. The maximum absolute atomic E-state index is 13.8. The van der Waals surface area contributed by atoms with Crippen molar-refractivity contribution >= 4 is 15.7 Å². The Morgan fingerprint density at radius 2 is 2.00 bits per heavy atom. The molecule has 0 radical (unpaired) electrons. The third-order valence-corrected chi connectivity index (χ3v) is 5.15. The number of halogens is 1. The molecule has 4 N–H and O–H groups in total. The van der Waals surface area contributed by atoms with Crippen LogP contribution in [0.1, 0.15) is 31.2 Å². The summed E-state index contributed by atoms with van der Waals surface area (Å²) >= 11 is 0. The molecule has 0 heterocycles. The van der Waals surface area contributed by atoms with Crippen LogP contribution in [-0.2, 0) is 10.0 Å². The van der Waals surface area contributed by atoms with Crippen LogP contribution in [0.4, 0.5) is 10.1 Å². The molecular formula is C13H19FN2O3S. The molecule has 1 aromatic rings. The molecule has 5 nitrogen and oxygen atoms in total. The van der Waals surface area contributed by atoms with Gasteiger partial charge in [0.2, 0.25) is 10.0 Å². The van der Waals surface area contributed by atoms with Gasteiger partial charge in [-0.25, -0.2) is 17.5 Å². The van der Waals surface area contributed by atoms with E-state index in [0.29, 0.717) is 18.4 Å². The molecule has 0 amide bonds. The van der Waals surface area contributed by atoms with Crippen LogP contribution < -0.4 is 10.5 Å². The zero-order valence-corrected chi connectivity index (χ0v) is 12.1. The Balaban J connectivity index is 2.28. The first kappa shape index (κ1) is 15.2. The molecule has 0 bridgehead atoms. The topological polar surface area (TPSA) is 92.4 Å². The second-order valence-corrected chi connectivity index (χ2v) is 6.90. The predicted molar refractivity (Wildman–Crippen MR) is 74.1 cm³/mol. The van der Waals surface area contributed by atoms with Gasteiger partial charge in [0.05, 0.1) is 6.10 Å². The normalized spacial score (nSPS) is 23.8. The summed E-state index contributed by atoms with van der Waals surface area (Å²) in [4.78, 5) is -0.474. The number of benzene rings is 1. The van der Waals surface area contributed by atoms with Crippen LogP contribution >= 0.6 is 0 Å². The molecule has 2 atom stereocenters. The first-order chi connectivity index (χ1) is 9.31. The van der Waals surface area contributed by atoms with Gasteiger partial charge in [0.1, 0.15) is 10.7 Å². The molecule has 7 heteroatoms. The summed E-state index contributed by atoms with van der Waals surface area (Å²) in [6.45, 7) is 1.60. The largest absolute Gasteiger partial charge is 0.398 e. The number of nitrogens with two attached hydrogens (primary N) is 1. The van der Waals surface area contributed by atoms with Gasteiger partial charge in [0.15, 0.2) is 0 Å². The van der Waals surface area contributed by atoms with Gasteiger partial charge in [-0.1, -0.05) is 12.8 Å². The summed E-state index contributed by atoms with van der Waals surface area (Å²) < 4.78 is 40.6. The fourth-order valence-electron chi connectivity index (χ4n) is 2.39. The fraction of sp³-hybridized carbons (Fsp3) is 0.538. The van der Waals surface area contributed by atoms with Crippen molar-refractivity contribution in [3.8, 4) is 0 Å². The summed E-state index contributed by atoms with van der Waals surface area (Å²) in [6, 6.07) is 1.64. The Morgan fingerprint density at radius 1 is 1.35 bits per heavy atom. The van der Waals surface area contributed by atoms with E-state index in [9.17, 15) is 17.9 Å². The van der Waals surface area contributed by atoms with E-state index < -0.39 is 32.9 Å². The Hall–Kier alpha value is -1.18. The van der Waals surface area contributed by atoms with E-state index in [1.807, 2.05) is 0 Å². The highest BCUT2D eigenvalue weighted by molar-refractivity contribution is 7.89. The molecule has 0 spiro atoms. The third kappa shape index (κ3) is 3.11. The standard InChI is InChI=1S/C13H19FN2O3S/c1-8-6-9(14)13(7-10(8)15)20(18,19)16-11-4-2-3-5-12(11)17/h6-7,11-12,16-17H,2-5,15H2,1H3/t11-,12-/m0/s1. The molecule has 2 rings (SSSR count). The lowest BCUT2D eigenvalue weighted by Crippen LogP contribution is -2.45. The number of hydrogen-bond donors (Lipinski definition) is 3. The van der Waals surface area contributed by atoms with Crippen molar-refractivity contribution in [3.63, 3.8) is 0 Å². The van der Waals surface area contributed by atoms with E-state index in [1.165, 1.54) is 0 Å². The van der Waals surface area contributed by atoms with Crippen LogP contribution in [0.2, 0.25) is 0 Å². The van der Waals surface area contributed by atoms with Crippen LogP contribution in [-0.4, -0.2) is 25.7 Å². The van der Waals surface area contributed by atoms with Gasteiger partial charge in [-0.3, -0.25) is 0 Å². The highest BCUT2D eigenvalue weighted by Gasteiger charge is 2.29. The van der Waals surface area contributed by atoms with Crippen LogP contribution in [0, 0.1) is 12.7 Å². The molecule has 0 saturated heterocycles. The van der Waals surface area contributed by atoms with Crippen LogP contribution in [0.5, 0.6) is 0 Å². The first-order valence-corrected chi connectivity index (χ1v) is 8.05. The first-order valence-electron chi connectivity index (χ1n) is 6.57. The Labute approximate surface area is 118 Å². The summed E-state index contributed by atoms with van der Waals surface area (Å²) in [6.07, 6.45) is 2.06. The van der Waals surface area contributed by atoms with Crippen molar-refractivity contribution in [3.05, 3.63) is 23.5 Å². The number of rotatable bonds is 3. The van der Waals surface area contributed by atoms with Gasteiger partial charge >= 0.3 is 0 Å². The van der Waals surface area contributed by atoms with E-state index >= 15 is 0 Å². The minimum absolute atomic E-state index is 0.218. The smallest absolute Gasteiger partial charge is 0.243 e. The molecule has 112 valence electrons. The monoisotopic (exact) mass is 302 g/mol. The molecule has 1 fully saturated rings. The number of nitrogens with one attached hydrogen (secondary N) is 1. The van der Waals surface area contributed by atoms with Crippen LogP contribution in [0.25, 0.3) is 0 Å². The highest BCUT2D eigenvalue weighted by atomic mass is 32.2. The van der Waals surface area contributed by atoms with Crippen molar-refractivity contribution in [1.82, 2.24) is 4.72 Å². The average molecular weight is 302 g/mol. The molecule has 1 aromatic carbocycles. The van der Waals surface area contributed by atoms with Gasteiger partial charge in [0, 0.05) is 11.7 Å². The van der Waals surface area contributed by atoms with Crippen LogP contribution in [0.15, 0.2) is 17.0 Å². The third-order valence-electron chi connectivity index (χ3n) is 3.65. The maximum atomic E-state index is 13.8. The van der Waals surface area contributed by atoms with E-state index in [1.54, 1.807) is 6.92 Å². The van der Waals surface area contributed by atoms with E-state index in [0.717, 1.165) is 25.0 Å². The van der Waals surface area contributed by atoms with Gasteiger partial charge in [-0.2, -0.15) is 0 Å². The van der Waals surface area contributed by atoms with Crippen LogP contribution in [0.3, 0.4) is 0 Å². The second kappa shape index (κ2) is 5.67. The zero-order chi connectivity index (χ0) is 14.9. The number of hydrogen-bond acceptors (Lipinski definition) is 4. The molecule has 1 saturated carbocycles. The summed E-state index contributed by atoms with van der Waals surface area (Å²) in [5.41, 5.74) is 6.34. The summed E-state index contributed by atoms with van der Waals surface area (Å²) in [5, 5.41) is 9.80. The van der Waals surface area contributed by atoms with Gasteiger partial charge in [-0.15, -0.1) is 0 Å². The number of aliphatic hydroxyl groups excluding tert-OH is 1. The molecule has 0 aromatic heterocycles. The van der Waals surface area contributed by atoms with Crippen molar-refractivity contribution in [2.75, 3.05) is 5.73 Å². The minimum atomic E-state index is -4.03. The number of anilines is 1. The molecule has 1 aliphatic carbocycles. The number of aryl methyl sites for hydroxylation is 1. The SMILES string of the molecule is Cc1cc(F)c(S(=O)(=O)N[C@H]2CCCC[C@@H]2O)cc1N. The minimum Gasteiger partial charge on any atom is -0.398 e. The molecule has 0 aliphatic heterocycles. The van der Waals surface area contributed by atoms with Crippen molar-refractivity contribution in [2.45, 2.75) is 49.6 Å². The van der Waals surface area contributed by atoms with Gasteiger partial charge in [-0.05, 0) is 37.5 Å². The average Bonchev–Trinajstić information content (AvgIpc) is 2.36. The summed E-state index contributed by atoms with van der Waals surface area (Å²) in [7, 11) is -4.03. The summed E-state index contributed by atoms with van der Waals surface area (Å²) in [5.74, 6) is -0.838. The van der Waals surface area contributed by atoms with E-state index in [2.05, 4.69) is 4.72 Å². The lowest BCUT2D eigenvalue weighted by Gasteiger charge is -2.28.